The van der Waals surface area contributed by atoms with E-state index in [1.54, 1.807) is 36.4 Å². The number of benzene rings is 3. The van der Waals surface area contributed by atoms with Gasteiger partial charge in [0.2, 0.25) is 5.91 Å². The van der Waals surface area contributed by atoms with E-state index in [9.17, 15) is 14.0 Å². The number of fused-ring (bicyclic) bond motifs is 1. The molecule has 0 fully saturated rings. The van der Waals surface area contributed by atoms with Crippen LogP contribution in [0, 0.1) is 5.82 Å². The summed E-state index contributed by atoms with van der Waals surface area (Å²) in [6.45, 7) is 0.0835. The van der Waals surface area contributed by atoms with Crippen molar-refractivity contribution in [2.45, 2.75) is 19.6 Å². The largest absolute Gasteiger partial charge is 0.511 e. The number of carbonyl (C=O) groups excluding carboxylic acids is 1. The Morgan fingerprint density at radius 2 is 1.78 bits per heavy atom. The van der Waals surface area contributed by atoms with E-state index in [2.05, 4.69) is 0 Å². The molecule has 0 radical (unpaired) electrons. The van der Waals surface area contributed by atoms with Crippen molar-refractivity contribution < 1.29 is 28.6 Å². The van der Waals surface area contributed by atoms with Crippen LogP contribution in [0.1, 0.15) is 16.7 Å². The minimum atomic E-state index is -1.45. The molecule has 1 heterocycles. The fourth-order valence-electron chi connectivity index (χ4n) is 3.51. The lowest BCUT2D eigenvalue weighted by molar-refractivity contribution is -0.117. The van der Waals surface area contributed by atoms with Gasteiger partial charge in [-0.2, -0.15) is 0 Å². The van der Waals surface area contributed by atoms with Crippen LogP contribution in [-0.4, -0.2) is 17.2 Å². The van der Waals surface area contributed by atoms with E-state index >= 15 is 0 Å². The van der Waals surface area contributed by atoms with E-state index in [-0.39, 0.29) is 36.3 Å². The number of hydrogen-bond donors (Lipinski definition) is 1. The fraction of sp³-hybridized carbons (Fsp3) is 0.130. The molecule has 1 aliphatic heterocycles. The van der Waals surface area contributed by atoms with Crippen molar-refractivity contribution in [1.29, 1.82) is 0 Å². The first kappa shape index (κ1) is 21.9. The number of halogens is 3. The molecular weight excluding hydrogens is 460 g/mol. The lowest BCUT2D eigenvalue weighted by Gasteiger charge is -2.20. The smallest absolute Gasteiger partial charge is 0.488 e. The second-order valence-corrected chi connectivity index (χ2v) is 7.93. The van der Waals surface area contributed by atoms with Crippen molar-refractivity contribution in [2.75, 3.05) is 4.90 Å². The number of carboxylic acid groups (broad SMARTS) is 1. The zero-order valence-corrected chi connectivity index (χ0v) is 18.0. The highest BCUT2D eigenvalue weighted by molar-refractivity contribution is 6.30. The van der Waals surface area contributed by atoms with Gasteiger partial charge in [0.05, 0.1) is 18.7 Å². The molecule has 0 saturated carbocycles. The Bertz CT molecular complexity index is 1220. The maximum atomic E-state index is 14.1. The van der Waals surface area contributed by atoms with E-state index < -0.39 is 12.0 Å². The maximum Gasteiger partial charge on any atom is 0.511 e. The zero-order chi connectivity index (χ0) is 22.8. The lowest BCUT2D eigenvalue weighted by atomic mass is 10.1. The summed E-state index contributed by atoms with van der Waals surface area (Å²) in [6, 6.07) is 14.1. The van der Waals surface area contributed by atoms with Gasteiger partial charge >= 0.3 is 6.16 Å². The quantitative estimate of drug-likeness (QED) is 0.357. The van der Waals surface area contributed by atoms with Crippen LogP contribution in [0.15, 0.2) is 54.6 Å². The molecule has 0 aliphatic carbocycles. The number of anilines is 1. The molecule has 1 amide bonds. The molecule has 0 saturated heterocycles. The first-order chi connectivity index (χ1) is 15.3. The van der Waals surface area contributed by atoms with E-state index in [0.717, 1.165) is 0 Å². The number of ether oxygens (including phenoxy) is 2. The van der Waals surface area contributed by atoms with Crippen LogP contribution < -0.4 is 14.4 Å². The summed E-state index contributed by atoms with van der Waals surface area (Å²) in [4.78, 5) is 25.2. The lowest BCUT2D eigenvalue weighted by Crippen LogP contribution is -2.26. The molecule has 1 aliphatic rings. The average molecular weight is 476 g/mol. The van der Waals surface area contributed by atoms with Gasteiger partial charge in [-0.15, -0.1) is 0 Å². The Kier molecular flexibility index (Phi) is 6.21. The minimum Gasteiger partial charge on any atom is -0.488 e. The molecule has 6 nitrogen and oxygen atoms in total. The van der Waals surface area contributed by atoms with Crippen LogP contribution in [0.5, 0.6) is 11.5 Å². The number of amides is 1. The van der Waals surface area contributed by atoms with E-state index in [4.69, 9.17) is 37.8 Å². The number of nitrogens with zero attached hydrogens (tertiary/aromatic N) is 1. The molecule has 3 aromatic rings. The third-order valence-electron chi connectivity index (χ3n) is 4.97. The molecule has 4 rings (SSSR count). The van der Waals surface area contributed by atoms with Gasteiger partial charge in [-0.25, -0.2) is 9.18 Å². The number of carbonyl (C=O) groups is 2. The van der Waals surface area contributed by atoms with Crippen LogP contribution in [0.3, 0.4) is 0 Å². The van der Waals surface area contributed by atoms with Crippen molar-refractivity contribution in [3.63, 3.8) is 0 Å². The Labute approximate surface area is 192 Å². The fourth-order valence-corrected chi connectivity index (χ4v) is 3.86. The molecule has 0 atom stereocenters. The molecule has 164 valence electrons. The van der Waals surface area contributed by atoms with Crippen molar-refractivity contribution in [1.82, 2.24) is 0 Å². The Hall–Kier alpha value is -3.29. The molecule has 0 aromatic heterocycles. The van der Waals surface area contributed by atoms with Crippen molar-refractivity contribution >= 4 is 41.0 Å². The van der Waals surface area contributed by atoms with Gasteiger partial charge in [-0.3, -0.25) is 4.79 Å². The second kappa shape index (κ2) is 9.06. The first-order valence-electron chi connectivity index (χ1n) is 9.50. The van der Waals surface area contributed by atoms with Crippen LogP contribution >= 0.6 is 23.2 Å². The molecule has 32 heavy (non-hydrogen) atoms. The maximum absolute atomic E-state index is 14.1. The van der Waals surface area contributed by atoms with Crippen LogP contribution in [0.25, 0.3) is 0 Å². The molecule has 3 aromatic carbocycles. The third-order valence-corrected chi connectivity index (χ3v) is 5.44. The van der Waals surface area contributed by atoms with Crippen molar-refractivity contribution in [2.24, 2.45) is 0 Å². The summed E-state index contributed by atoms with van der Waals surface area (Å²) in [5.41, 5.74) is 1.97. The summed E-state index contributed by atoms with van der Waals surface area (Å²) in [7, 11) is 0. The summed E-state index contributed by atoms with van der Waals surface area (Å²) in [6.07, 6.45) is -1.45. The molecule has 0 unspecified atom stereocenters. The van der Waals surface area contributed by atoms with Gasteiger partial charge in [0, 0.05) is 26.7 Å². The van der Waals surface area contributed by atoms with E-state index in [1.165, 1.54) is 23.1 Å². The molecule has 1 N–H and O–H groups in total. The topological polar surface area (TPSA) is 76.1 Å². The summed E-state index contributed by atoms with van der Waals surface area (Å²) >= 11 is 12.0. The van der Waals surface area contributed by atoms with Gasteiger partial charge in [-0.1, -0.05) is 35.3 Å². The SMILES string of the molecule is O=C(O)Oc1cccc2c1CC(=O)N2Cc1cc(Cl)ccc1OCc1ccc(Cl)cc1F. The molecule has 9 heteroatoms. The van der Waals surface area contributed by atoms with Gasteiger partial charge < -0.3 is 19.5 Å². The Balaban J connectivity index is 1.60. The zero-order valence-electron chi connectivity index (χ0n) is 16.5. The Morgan fingerprint density at radius 1 is 1.03 bits per heavy atom. The summed E-state index contributed by atoms with van der Waals surface area (Å²) in [5.74, 6) is -0.159. The van der Waals surface area contributed by atoms with Crippen molar-refractivity contribution in [3.05, 3.63) is 87.2 Å². The van der Waals surface area contributed by atoms with E-state index in [1.807, 2.05) is 0 Å². The molecular formula is C23H16Cl2FNO5. The summed E-state index contributed by atoms with van der Waals surface area (Å²) in [5, 5.41) is 9.67. The van der Waals surface area contributed by atoms with Crippen LogP contribution in [-0.2, 0) is 24.4 Å². The molecule has 0 bridgehead atoms. The Morgan fingerprint density at radius 3 is 2.53 bits per heavy atom. The standard InChI is InChI=1S/C23H16Cl2FNO5/c24-15-6-7-20(31-12-13-4-5-16(25)9-18(13)26)14(8-15)11-27-19-2-1-3-21(32-23(29)30)17(19)10-22(27)28/h1-9H,10-12H2,(H,29,30). The number of rotatable bonds is 6. The highest BCUT2D eigenvalue weighted by Crippen LogP contribution is 2.38. The van der Waals surface area contributed by atoms with Crippen LogP contribution in [0.2, 0.25) is 10.0 Å². The summed E-state index contributed by atoms with van der Waals surface area (Å²) < 4.78 is 24.7. The highest BCUT2D eigenvalue weighted by Gasteiger charge is 2.31. The monoisotopic (exact) mass is 475 g/mol. The van der Waals surface area contributed by atoms with E-state index in [0.29, 0.717) is 33.1 Å². The van der Waals surface area contributed by atoms with Gasteiger partial charge in [-0.05, 0) is 42.5 Å². The van der Waals surface area contributed by atoms with Gasteiger partial charge in [0.1, 0.15) is 23.9 Å². The average Bonchev–Trinajstić information content (AvgIpc) is 3.05. The molecule has 0 spiro atoms. The first-order valence-corrected chi connectivity index (χ1v) is 10.3. The predicted octanol–water partition coefficient (Wildman–Crippen LogP) is 5.86. The normalized spacial score (nSPS) is 12.6. The predicted molar refractivity (Wildman–Crippen MR) is 117 cm³/mol. The highest BCUT2D eigenvalue weighted by atomic mass is 35.5. The third kappa shape index (κ3) is 4.64. The minimum absolute atomic E-state index is 0.00548. The van der Waals surface area contributed by atoms with Gasteiger partial charge in [0.15, 0.2) is 0 Å². The van der Waals surface area contributed by atoms with Crippen LogP contribution in [0.4, 0.5) is 14.9 Å². The van der Waals surface area contributed by atoms with Crippen molar-refractivity contribution in [3.8, 4) is 11.5 Å². The number of hydrogen-bond acceptors (Lipinski definition) is 4. The second-order valence-electron chi connectivity index (χ2n) is 7.05. The van der Waals surface area contributed by atoms with Gasteiger partial charge in [0.25, 0.3) is 0 Å².